The van der Waals surface area contributed by atoms with Crippen LogP contribution in [0.4, 0.5) is 5.69 Å². The fraction of sp³-hybridized carbons (Fsp3) is 0.0588. The molecular formula is C17H14N2O. The molecule has 0 atom stereocenters. The van der Waals surface area contributed by atoms with Gasteiger partial charge in [0.1, 0.15) is 0 Å². The van der Waals surface area contributed by atoms with Crippen LogP contribution in [0.15, 0.2) is 60.8 Å². The molecule has 1 heterocycles. The molecule has 0 bridgehead atoms. The molecule has 3 aromatic rings. The van der Waals surface area contributed by atoms with Gasteiger partial charge in [0, 0.05) is 22.8 Å². The summed E-state index contributed by atoms with van der Waals surface area (Å²) < 4.78 is 0. The van der Waals surface area contributed by atoms with Crippen molar-refractivity contribution in [1.29, 1.82) is 0 Å². The summed E-state index contributed by atoms with van der Waals surface area (Å²) in [6, 6.07) is 17.1. The van der Waals surface area contributed by atoms with Crippen LogP contribution in [0.1, 0.15) is 15.9 Å². The van der Waals surface area contributed by atoms with Crippen molar-refractivity contribution in [2.75, 3.05) is 5.32 Å². The van der Waals surface area contributed by atoms with Gasteiger partial charge in [0.25, 0.3) is 5.91 Å². The molecule has 98 valence electrons. The van der Waals surface area contributed by atoms with Gasteiger partial charge in [0.15, 0.2) is 0 Å². The second-order valence-corrected chi connectivity index (χ2v) is 4.64. The van der Waals surface area contributed by atoms with E-state index >= 15 is 0 Å². The van der Waals surface area contributed by atoms with Crippen molar-refractivity contribution >= 4 is 22.5 Å². The molecule has 0 fully saturated rings. The highest BCUT2D eigenvalue weighted by molar-refractivity contribution is 6.12. The average Bonchev–Trinajstić information content (AvgIpc) is 2.49. The van der Waals surface area contributed by atoms with Gasteiger partial charge in [0.2, 0.25) is 0 Å². The first-order valence-corrected chi connectivity index (χ1v) is 6.46. The second-order valence-electron chi connectivity index (χ2n) is 4.64. The Kier molecular flexibility index (Phi) is 3.17. The fourth-order valence-corrected chi connectivity index (χ4v) is 2.20. The Bertz CT molecular complexity index is 775. The second kappa shape index (κ2) is 5.13. The van der Waals surface area contributed by atoms with Gasteiger partial charge in [-0.05, 0) is 36.8 Å². The molecule has 0 aliphatic rings. The first-order chi connectivity index (χ1) is 9.75. The third-order valence-electron chi connectivity index (χ3n) is 3.28. The zero-order valence-corrected chi connectivity index (χ0v) is 11.1. The molecule has 0 aliphatic carbocycles. The van der Waals surface area contributed by atoms with E-state index < -0.39 is 0 Å². The van der Waals surface area contributed by atoms with Gasteiger partial charge in [-0.3, -0.25) is 9.78 Å². The van der Waals surface area contributed by atoms with Crippen LogP contribution in [0.25, 0.3) is 10.9 Å². The molecule has 0 radical (unpaired) electrons. The maximum absolute atomic E-state index is 12.4. The van der Waals surface area contributed by atoms with Crippen LogP contribution in [0, 0.1) is 6.92 Å². The number of benzene rings is 2. The third-order valence-corrected chi connectivity index (χ3v) is 3.28. The van der Waals surface area contributed by atoms with Crippen molar-refractivity contribution in [3.05, 3.63) is 71.9 Å². The van der Waals surface area contributed by atoms with Crippen LogP contribution >= 0.6 is 0 Å². The number of aryl methyl sites for hydroxylation is 1. The quantitative estimate of drug-likeness (QED) is 0.763. The highest BCUT2D eigenvalue weighted by Crippen LogP contribution is 2.19. The number of para-hydroxylation sites is 1. The number of aromatic nitrogens is 1. The monoisotopic (exact) mass is 262 g/mol. The van der Waals surface area contributed by atoms with Crippen molar-refractivity contribution < 1.29 is 4.79 Å². The van der Waals surface area contributed by atoms with Crippen molar-refractivity contribution in [2.45, 2.75) is 6.92 Å². The van der Waals surface area contributed by atoms with Crippen molar-refractivity contribution in [3.63, 3.8) is 0 Å². The molecule has 1 N–H and O–H groups in total. The van der Waals surface area contributed by atoms with Crippen LogP contribution < -0.4 is 5.32 Å². The molecule has 3 nitrogen and oxygen atoms in total. The number of carbonyl (C=O) groups is 1. The average molecular weight is 262 g/mol. The minimum Gasteiger partial charge on any atom is -0.322 e. The number of hydrogen-bond donors (Lipinski definition) is 1. The minimum atomic E-state index is -0.113. The summed E-state index contributed by atoms with van der Waals surface area (Å²) in [5.41, 5.74) is 3.33. The Hall–Kier alpha value is -2.68. The van der Waals surface area contributed by atoms with Crippen molar-refractivity contribution in [3.8, 4) is 0 Å². The standard InChI is InChI=1S/C17H14N2O/c1-12-6-2-3-9-15(12)19-17(20)14-7-4-10-16-13(14)8-5-11-18-16/h2-11H,1H3,(H,19,20). The van der Waals surface area contributed by atoms with E-state index in [0.717, 1.165) is 22.2 Å². The molecule has 3 heteroatoms. The normalized spacial score (nSPS) is 10.4. The molecule has 0 spiro atoms. The smallest absolute Gasteiger partial charge is 0.256 e. The van der Waals surface area contributed by atoms with Crippen LogP contribution in [0.3, 0.4) is 0 Å². The largest absolute Gasteiger partial charge is 0.322 e. The molecule has 0 aliphatic heterocycles. The van der Waals surface area contributed by atoms with Gasteiger partial charge in [-0.15, -0.1) is 0 Å². The molecule has 0 unspecified atom stereocenters. The zero-order valence-electron chi connectivity index (χ0n) is 11.1. The SMILES string of the molecule is Cc1ccccc1NC(=O)c1cccc2ncccc12. The molecule has 0 saturated carbocycles. The van der Waals surface area contributed by atoms with Gasteiger partial charge in [-0.2, -0.15) is 0 Å². The maximum Gasteiger partial charge on any atom is 0.256 e. The summed E-state index contributed by atoms with van der Waals surface area (Å²) in [6.07, 6.45) is 1.73. The van der Waals surface area contributed by atoms with Gasteiger partial charge in [0.05, 0.1) is 5.52 Å². The number of amides is 1. The number of carbonyl (C=O) groups excluding carboxylic acids is 1. The van der Waals surface area contributed by atoms with E-state index in [0.29, 0.717) is 5.56 Å². The molecule has 1 aromatic heterocycles. The van der Waals surface area contributed by atoms with Gasteiger partial charge in [-0.25, -0.2) is 0 Å². The number of nitrogens with one attached hydrogen (secondary N) is 1. The highest BCUT2D eigenvalue weighted by Gasteiger charge is 2.11. The van der Waals surface area contributed by atoms with E-state index in [9.17, 15) is 4.79 Å². The number of pyridine rings is 1. The number of fused-ring (bicyclic) bond motifs is 1. The topological polar surface area (TPSA) is 42.0 Å². The lowest BCUT2D eigenvalue weighted by Crippen LogP contribution is -2.13. The Balaban J connectivity index is 1.99. The minimum absolute atomic E-state index is 0.113. The summed E-state index contributed by atoms with van der Waals surface area (Å²) in [5.74, 6) is -0.113. The molecule has 2 aromatic carbocycles. The van der Waals surface area contributed by atoms with Crippen molar-refractivity contribution in [2.24, 2.45) is 0 Å². The lowest BCUT2D eigenvalue weighted by atomic mass is 10.1. The Morgan fingerprint density at radius 3 is 2.70 bits per heavy atom. The molecule has 0 saturated heterocycles. The van der Waals surface area contributed by atoms with Crippen LogP contribution in [-0.4, -0.2) is 10.9 Å². The van der Waals surface area contributed by atoms with Gasteiger partial charge >= 0.3 is 0 Å². The van der Waals surface area contributed by atoms with E-state index in [1.54, 1.807) is 6.20 Å². The number of nitrogens with zero attached hydrogens (tertiary/aromatic N) is 1. The van der Waals surface area contributed by atoms with E-state index in [2.05, 4.69) is 10.3 Å². The molecular weight excluding hydrogens is 248 g/mol. The highest BCUT2D eigenvalue weighted by atomic mass is 16.1. The molecule has 3 rings (SSSR count). The Morgan fingerprint density at radius 1 is 1.00 bits per heavy atom. The predicted octanol–water partition coefficient (Wildman–Crippen LogP) is 3.80. The Morgan fingerprint density at radius 2 is 1.85 bits per heavy atom. The number of rotatable bonds is 2. The summed E-state index contributed by atoms with van der Waals surface area (Å²) in [6.45, 7) is 1.97. The van der Waals surface area contributed by atoms with Crippen molar-refractivity contribution in [1.82, 2.24) is 4.98 Å². The first-order valence-electron chi connectivity index (χ1n) is 6.46. The Labute approximate surface area is 117 Å². The van der Waals surface area contributed by atoms with Crippen LogP contribution in [-0.2, 0) is 0 Å². The van der Waals surface area contributed by atoms with Gasteiger partial charge in [-0.1, -0.05) is 30.3 Å². The molecule has 20 heavy (non-hydrogen) atoms. The molecule has 1 amide bonds. The van der Waals surface area contributed by atoms with E-state index in [1.807, 2.05) is 61.5 Å². The lowest BCUT2D eigenvalue weighted by Gasteiger charge is -2.09. The van der Waals surface area contributed by atoms with Crippen LogP contribution in [0.2, 0.25) is 0 Å². The van der Waals surface area contributed by atoms with Crippen LogP contribution in [0.5, 0.6) is 0 Å². The fourth-order valence-electron chi connectivity index (χ4n) is 2.20. The maximum atomic E-state index is 12.4. The summed E-state index contributed by atoms with van der Waals surface area (Å²) >= 11 is 0. The van der Waals surface area contributed by atoms with E-state index in [1.165, 1.54) is 0 Å². The number of anilines is 1. The van der Waals surface area contributed by atoms with E-state index in [-0.39, 0.29) is 5.91 Å². The number of hydrogen-bond acceptors (Lipinski definition) is 2. The van der Waals surface area contributed by atoms with Gasteiger partial charge < -0.3 is 5.32 Å². The summed E-state index contributed by atoms with van der Waals surface area (Å²) in [4.78, 5) is 16.7. The first kappa shape index (κ1) is 12.4. The summed E-state index contributed by atoms with van der Waals surface area (Å²) in [7, 11) is 0. The summed E-state index contributed by atoms with van der Waals surface area (Å²) in [5, 5.41) is 3.81. The van der Waals surface area contributed by atoms with E-state index in [4.69, 9.17) is 0 Å². The predicted molar refractivity (Wildman–Crippen MR) is 80.9 cm³/mol. The third kappa shape index (κ3) is 2.26. The zero-order chi connectivity index (χ0) is 13.9. The lowest BCUT2D eigenvalue weighted by molar-refractivity contribution is 0.102.